The van der Waals surface area contributed by atoms with Crippen molar-refractivity contribution in [2.24, 2.45) is 0 Å². The normalized spacial score (nSPS) is 10.6. The van der Waals surface area contributed by atoms with E-state index in [2.05, 4.69) is 5.32 Å². The second-order valence-electron chi connectivity index (χ2n) is 5.87. The number of carboxylic acids is 1. The molecule has 0 radical (unpaired) electrons. The Labute approximate surface area is 158 Å². The van der Waals surface area contributed by atoms with Crippen molar-refractivity contribution in [3.63, 3.8) is 0 Å². The lowest BCUT2D eigenvalue weighted by atomic mass is 10.1. The summed E-state index contributed by atoms with van der Waals surface area (Å²) in [4.78, 5) is 22.7. The Kier molecular flexibility index (Phi) is 7.43. The largest absolute Gasteiger partial charge is 0.497 e. The van der Waals surface area contributed by atoms with Gasteiger partial charge in [0.2, 0.25) is 5.91 Å². The zero-order valence-corrected chi connectivity index (χ0v) is 15.4. The number of rotatable bonds is 9. The number of ether oxygens (including phenoxy) is 2. The minimum absolute atomic E-state index is 0.150. The Hall–Kier alpha value is -3.28. The minimum atomic E-state index is -0.793. The van der Waals surface area contributed by atoms with E-state index in [1.165, 1.54) is 6.08 Å². The Bertz CT molecular complexity index is 812. The predicted octanol–water partition coefficient (Wildman–Crippen LogP) is 3.76. The van der Waals surface area contributed by atoms with Crippen LogP contribution in [0.15, 0.2) is 48.5 Å². The summed E-state index contributed by atoms with van der Waals surface area (Å²) in [7, 11) is 3.14. The number of methoxy groups -OCH3 is 2. The molecule has 0 spiro atoms. The molecule has 27 heavy (non-hydrogen) atoms. The molecule has 0 aliphatic rings. The van der Waals surface area contributed by atoms with Crippen molar-refractivity contribution in [1.82, 2.24) is 0 Å². The summed E-state index contributed by atoms with van der Waals surface area (Å²) in [5.41, 5.74) is 2.44. The summed E-state index contributed by atoms with van der Waals surface area (Å²) < 4.78 is 10.5. The molecule has 0 unspecified atom stereocenters. The molecule has 2 rings (SSSR count). The van der Waals surface area contributed by atoms with Crippen molar-refractivity contribution in [2.45, 2.75) is 19.3 Å². The van der Waals surface area contributed by atoms with Crippen molar-refractivity contribution < 1.29 is 24.2 Å². The van der Waals surface area contributed by atoms with Gasteiger partial charge in [0, 0.05) is 23.7 Å². The lowest BCUT2D eigenvalue weighted by Crippen LogP contribution is -2.07. The minimum Gasteiger partial charge on any atom is -0.497 e. The molecule has 0 fully saturated rings. The highest BCUT2D eigenvalue weighted by Crippen LogP contribution is 2.25. The van der Waals surface area contributed by atoms with Crippen molar-refractivity contribution >= 4 is 23.6 Å². The van der Waals surface area contributed by atoms with Crippen LogP contribution in [-0.4, -0.2) is 31.2 Å². The molecule has 6 heteroatoms. The van der Waals surface area contributed by atoms with Gasteiger partial charge < -0.3 is 19.9 Å². The number of anilines is 1. The molecular weight excluding hydrogens is 346 g/mol. The fraction of sp³-hybridized carbons (Fsp3) is 0.238. The number of amides is 1. The van der Waals surface area contributed by atoms with E-state index in [0.717, 1.165) is 11.1 Å². The molecule has 0 aromatic heterocycles. The van der Waals surface area contributed by atoms with Gasteiger partial charge in [-0.2, -0.15) is 0 Å². The second kappa shape index (κ2) is 10.0. The fourth-order valence-corrected chi connectivity index (χ4v) is 2.52. The number of hydrogen-bond acceptors (Lipinski definition) is 4. The van der Waals surface area contributed by atoms with Crippen LogP contribution in [0.2, 0.25) is 0 Å². The first kappa shape index (κ1) is 20.0. The standard InChI is InChI=1S/C21H23NO5/c1-26-18-11-12-19(27-2)16(14-18)8-13-20(23)22-17-9-6-15(7-10-17)4-3-5-21(24)25/h6-14H,3-5H2,1-2H3,(H,22,23)(H,24,25). The van der Waals surface area contributed by atoms with Crippen molar-refractivity contribution in [3.8, 4) is 11.5 Å². The van der Waals surface area contributed by atoms with Crippen LogP contribution < -0.4 is 14.8 Å². The molecule has 0 bridgehead atoms. The van der Waals surface area contributed by atoms with Gasteiger partial charge in [-0.3, -0.25) is 9.59 Å². The molecule has 2 N–H and O–H groups in total. The highest BCUT2D eigenvalue weighted by Gasteiger charge is 2.04. The average molecular weight is 369 g/mol. The van der Waals surface area contributed by atoms with Gasteiger partial charge in [-0.1, -0.05) is 12.1 Å². The van der Waals surface area contributed by atoms with Gasteiger partial charge in [0.15, 0.2) is 0 Å². The van der Waals surface area contributed by atoms with E-state index >= 15 is 0 Å². The van der Waals surface area contributed by atoms with Crippen molar-refractivity contribution in [2.75, 3.05) is 19.5 Å². The van der Waals surface area contributed by atoms with Crippen LogP contribution in [0.1, 0.15) is 24.0 Å². The summed E-state index contributed by atoms with van der Waals surface area (Å²) in [5, 5.41) is 11.4. The number of aliphatic carboxylic acids is 1. The van der Waals surface area contributed by atoms with Gasteiger partial charge in [0.05, 0.1) is 14.2 Å². The first-order valence-electron chi connectivity index (χ1n) is 8.53. The molecule has 0 saturated heterocycles. The van der Waals surface area contributed by atoms with Crippen LogP contribution >= 0.6 is 0 Å². The highest BCUT2D eigenvalue weighted by molar-refractivity contribution is 6.02. The number of aryl methyl sites for hydroxylation is 1. The van der Waals surface area contributed by atoms with Gasteiger partial charge in [-0.25, -0.2) is 0 Å². The van der Waals surface area contributed by atoms with E-state index in [9.17, 15) is 9.59 Å². The predicted molar refractivity (Wildman–Crippen MR) is 104 cm³/mol. The van der Waals surface area contributed by atoms with Gasteiger partial charge in [0.25, 0.3) is 0 Å². The van der Waals surface area contributed by atoms with Crippen molar-refractivity contribution in [1.29, 1.82) is 0 Å². The zero-order valence-electron chi connectivity index (χ0n) is 15.4. The van der Waals surface area contributed by atoms with Gasteiger partial charge in [-0.05, 0) is 54.8 Å². The van der Waals surface area contributed by atoms with Gasteiger partial charge in [-0.15, -0.1) is 0 Å². The molecule has 0 saturated carbocycles. The SMILES string of the molecule is COc1ccc(OC)c(C=CC(=O)Nc2ccc(CCCC(=O)O)cc2)c1. The molecule has 0 aliphatic carbocycles. The maximum absolute atomic E-state index is 12.1. The molecule has 2 aromatic carbocycles. The highest BCUT2D eigenvalue weighted by atomic mass is 16.5. The Balaban J connectivity index is 1.95. The maximum atomic E-state index is 12.1. The number of nitrogens with one attached hydrogen (secondary N) is 1. The molecule has 0 aliphatic heterocycles. The Morgan fingerprint density at radius 3 is 2.44 bits per heavy atom. The van der Waals surface area contributed by atoms with E-state index in [1.54, 1.807) is 50.6 Å². The van der Waals surface area contributed by atoms with Crippen molar-refractivity contribution in [3.05, 3.63) is 59.7 Å². The second-order valence-corrected chi connectivity index (χ2v) is 5.87. The first-order chi connectivity index (χ1) is 13.0. The van der Waals surface area contributed by atoms with Crippen LogP contribution in [0.5, 0.6) is 11.5 Å². The zero-order chi connectivity index (χ0) is 19.6. The summed E-state index contributed by atoms with van der Waals surface area (Å²) >= 11 is 0. The van der Waals surface area contributed by atoms with E-state index in [-0.39, 0.29) is 12.3 Å². The topological polar surface area (TPSA) is 84.9 Å². The van der Waals surface area contributed by atoms with E-state index < -0.39 is 5.97 Å². The van der Waals surface area contributed by atoms with E-state index in [0.29, 0.717) is 30.0 Å². The summed E-state index contributed by atoms with van der Waals surface area (Å²) in [6, 6.07) is 12.7. The monoisotopic (exact) mass is 369 g/mol. The lowest BCUT2D eigenvalue weighted by molar-refractivity contribution is -0.137. The molecular formula is C21H23NO5. The third-order valence-electron chi connectivity index (χ3n) is 3.93. The Morgan fingerprint density at radius 2 is 1.81 bits per heavy atom. The van der Waals surface area contributed by atoms with Crippen LogP contribution in [0.3, 0.4) is 0 Å². The molecule has 142 valence electrons. The number of carbonyl (C=O) groups excluding carboxylic acids is 1. The molecule has 0 atom stereocenters. The van der Waals surface area contributed by atoms with E-state index in [1.807, 2.05) is 12.1 Å². The Morgan fingerprint density at radius 1 is 1.07 bits per heavy atom. The fourth-order valence-electron chi connectivity index (χ4n) is 2.52. The molecule has 2 aromatic rings. The average Bonchev–Trinajstić information content (AvgIpc) is 2.67. The van der Waals surface area contributed by atoms with Crippen LogP contribution in [0.25, 0.3) is 6.08 Å². The van der Waals surface area contributed by atoms with Gasteiger partial charge in [0.1, 0.15) is 11.5 Å². The first-order valence-corrected chi connectivity index (χ1v) is 8.53. The summed E-state index contributed by atoms with van der Waals surface area (Å²) in [6.45, 7) is 0. The number of hydrogen-bond donors (Lipinski definition) is 2. The van der Waals surface area contributed by atoms with Crippen LogP contribution in [0, 0.1) is 0 Å². The quantitative estimate of drug-likeness (QED) is 0.658. The summed E-state index contributed by atoms with van der Waals surface area (Å²) in [5.74, 6) is 0.261. The third kappa shape index (κ3) is 6.51. The van der Waals surface area contributed by atoms with E-state index in [4.69, 9.17) is 14.6 Å². The van der Waals surface area contributed by atoms with Gasteiger partial charge >= 0.3 is 5.97 Å². The number of benzene rings is 2. The molecule has 1 amide bonds. The number of carboxylic acid groups (broad SMARTS) is 1. The maximum Gasteiger partial charge on any atom is 0.303 e. The smallest absolute Gasteiger partial charge is 0.303 e. The third-order valence-corrected chi connectivity index (χ3v) is 3.93. The van der Waals surface area contributed by atoms with Crippen LogP contribution in [-0.2, 0) is 16.0 Å². The summed E-state index contributed by atoms with van der Waals surface area (Å²) in [6.07, 6.45) is 4.52. The number of carbonyl (C=O) groups is 2. The van der Waals surface area contributed by atoms with Crippen LogP contribution in [0.4, 0.5) is 5.69 Å². The molecule has 0 heterocycles. The lowest BCUT2D eigenvalue weighted by Gasteiger charge is -2.07. The molecule has 6 nitrogen and oxygen atoms in total.